The van der Waals surface area contributed by atoms with Crippen LogP contribution < -0.4 is 0 Å². The third-order valence-corrected chi connectivity index (χ3v) is 3.20. The van der Waals surface area contributed by atoms with Crippen molar-refractivity contribution in [1.29, 1.82) is 0 Å². The van der Waals surface area contributed by atoms with Gasteiger partial charge in [-0.15, -0.1) is 0 Å². The standard InChI is InChI=1S/C10H18N2/c1-2-11-6-8-12(9-7-11)10-4-3-5-10/h2,10H,1,3-9H2. The van der Waals surface area contributed by atoms with Crippen molar-refractivity contribution in [3.8, 4) is 0 Å². The fourth-order valence-electron chi connectivity index (χ4n) is 2.04. The average molecular weight is 166 g/mol. The van der Waals surface area contributed by atoms with Crippen LogP contribution in [0.1, 0.15) is 19.3 Å². The number of rotatable bonds is 2. The minimum absolute atomic E-state index is 0.928. The van der Waals surface area contributed by atoms with Gasteiger partial charge in [-0.25, -0.2) is 0 Å². The summed E-state index contributed by atoms with van der Waals surface area (Å²) in [6.07, 6.45) is 6.30. The lowest BCUT2D eigenvalue weighted by Gasteiger charge is -2.42. The molecular weight excluding hydrogens is 148 g/mol. The highest BCUT2D eigenvalue weighted by Gasteiger charge is 2.26. The van der Waals surface area contributed by atoms with Crippen molar-refractivity contribution in [3.63, 3.8) is 0 Å². The normalized spacial score (nSPS) is 26.8. The molecular formula is C10H18N2. The van der Waals surface area contributed by atoms with Gasteiger partial charge >= 0.3 is 0 Å². The molecule has 1 aliphatic heterocycles. The molecule has 2 heteroatoms. The second-order valence-corrected chi connectivity index (χ2v) is 3.84. The van der Waals surface area contributed by atoms with Gasteiger partial charge in [0.15, 0.2) is 0 Å². The third-order valence-electron chi connectivity index (χ3n) is 3.20. The molecule has 1 saturated carbocycles. The second-order valence-electron chi connectivity index (χ2n) is 3.84. The first-order valence-corrected chi connectivity index (χ1v) is 5.01. The maximum atomic E-state index is 3.80. The van der Waals surface area contributed by atoms with Crippen molar-refractivity contribution >= 4 is 0 Å². The lowest BCUT2D eigenvalue weighted by molar-refractivity contribution is 0.0792. The molecule has 1 heterocycles. The SMILES string of the molecule is C=CN1CCN(C2CCC2)CC1. The van der Waals surface area contributed by atoms with Gasteiger partial charge in [0.25, 0.3) is 0 Å². The highest BCUT2D eigenvalue weighted by Crippen LogP contribution is 2.25. The quantitative estimate of drug-likeness (QED) is 0.610. The maximum Gasteiger partial charge on any atom is 0.0300 e. The number of nitrogens with zero attached hydrogens (tertiary/aromatic N) is 2. The van der Waals surface area contributed by atoms with Gasteiger partial charge < -0.3 is 4.90 Å². The van der Waals surface area contributed by atoms with E-state index in [1.54, 1.807) is 0 Å². The Balaban J connectivity index is 1.77. The van der Waals surface area contributed by atoms with E-state index in [-0.39, 0.29) is 0 Å². The lowest BCUT2D eigenvalue weighted by atomic mass is 9.91. The summed E-state index contributed by atoms with van der Waals surface area (Å²) in [5.41, 5.74) is 0. The van der Waals surface area contributed by atoms with Crippen LogP contribution in [0.3, 0.4) is 0 Å². The Morgan fingerprint density at radius 1 is 1.08 bits per heavy atom. The first-order chi connectivity index (χ1) is 5.90. The van der Waals surface area contributed by atoms with E-state index >= 15 is 0 Å². The van der Waals surface area contributed by atoms with Crippen LogP contribution in [-0.4, -0.2) is 42.0 Å². The van der Waals surface area contributed by atoms with Crippen molar-refractivity contribution in [2.75, 3.05) is 26.2 Å². The first-order valence-electron chi connectivity index (χ1n) is 5.01. The van der Waals surface area contributed by atoms with Crippen LogP contribution in [0, 0.1) is 0 Å². The van der Waals surface area contributed by atoms with E-state index in [2.05, 4.69) is 16.4 Å². The van der Waals surface area contributed by atoms with Crippen LogP contribution in [-0.2, 0) is 0 Å². The fourth-order valence-corrected chi connectivity index (χ4v) is 2.04. The zero-order valence-electron chi connectivity index (χ0n) is 7.71. The van der Waals surface area contributed by atoms with Crippen molar-refractivity contribution in [1.82, 2.24) is 9.80 Å². The molecule has 0 radical (unpaired) electrons. The third kappa shape index (κ3) is 1.48. The van der Waals surface area contributed by atoms with Gasteiger partial charge in [-0.2, -0.15) is 0 Å². The number of hydrogen-bond donors (Lipinski definition) is 0. The van der Waals surface area contributed by atoms with Crippen molar-refractivity contribution in [3.05, 3.63) is 12.8 Å². The van der Waals surface area contributed by atoms with Gasteiger partial charge in [-0.05, 0) is 19.0 Å². The molecule has 2 fully saturated rings. The molecule has 0 amide bonds. The van der Waals surface area contributed by atoms with Crippen molar-refractivity contribution in [2.24, 2.45) is 0 Å². The molecule has 1 aliphatic carbocycles. The van der Waals surface area contributed by atoms with Gasteiger partial charge in [0.2, 0.25) is 0 Å². The maximum absolute atomic E-state index is 3.80. The molecule has 0 N–H and O–H groups in total. The van der Waals surface area contributed by atoms with Crippen LogP contribution in [0.25, 0.3) is 0 Å². The minimum Gasteiger partial charge on any atom is -0.375 e. The molecule has 1 saturated heterocycles. The summed E-state index contributed by atoms with van der Waals surface area (Å²) >= 11 is 0. The summed E-state index contributed by atoms with van der Waals surface area (Å²) < 4.78 is 0. The smallest absolute Gasteiger partial charge is 0.0300 e. The van der Waals surface area contributed by atoms with Gasteiger partial charge in [0, 0.05) is 32.2 Å². The van der Waals surface area contributed by atoms with Crippen molar-refractivity contribution < 1.29 is 0 Å². The molecule has 2 nitrogen and oxygen atoms in total. The molecule has 0 spiro atoms. The molecule has 0 atom stereocenters. The lowest BCUT2D eigenvalue weighted by Crippen LogP contribution is -2.50. The van der Waals surface area contributed by atoms with Gasteiger partial charge in [-0.3, -0.25) is 4.90 Å². The Labute approximate surface area is 74.8 Å². The molecule has 2 rings (SSSR count). The topological polar surface area (TPSA) is 6.48 Å². The molecule has 0 unspecified atom stereocenters. The summed E-state index contributed by atoms with van der Waals surface area (Å²) in [4.78, 5) is 4.96. The largest absolute Gasteiger partial charge is 0.375 e. The highest BCUT2D eigenvalue weighted by molar-refractivity contribution is 4.86. The molecule has 0 aromatic carbocycles. The molecule has 0 aromatic heterocycles. The number of piperazine rings is 1. The Morgan fingerprint density at radius 3 is 2.17 bits per heavy atom. The molecule has 12 heavy (non-hydrogen) atoms. The highest BCUT2D eigenvalue weighted by atomic mass is 15.3. The monoisotopic (exact) mass is 166 g/mol. The van der Waals surface area contributed by atoms with E-state index in [9.17, 15) is 0 Å². The molecule has 0 aromatic rings. The van der Waals surface area contributed by atoms with Gasteiger partial charge in [0.05, 0.1) is 0 Å². The van der Waals surface area contributed by atoms with Crippen molar-refractivity contribution in [2.45, 2.75) is 25.3 Å². The van der Waals surface area contributed by atoms with Crippen LogP contribution in [0.15, 0.2) is 12.8 Å². The Hall–Kier alpha value is -0.500. The Bertz CT molecular complexity index is 155. The summed E-state index contributed by atoms with van der Waals surface area (Å²) in [5, 5.41) is 0. The van der Waals surface area contributed by atoms with E-state index in [4.69, 9.17) is 0 Å². The van der Waals surface area contributed by atoms with Crippen LogP contribution in [0.5, 0.6) is 0 Å². The van der Waals surface area contributed by atoms with E-state index < -0.39 is 0 Å². The summed E-state index contributed by atoms with van der Waals surface area (Å²) in [7, 11) is 0. The van der Waals surface area contributed by atoms with E-state index in [0.29, 0.717) is 0 Å². The van der Waals surface area contributed by atoms with Crippen LogP contribution in [0.4, 0.5) is 0 Å². The zero-order valence-corrected chi connectivity index (χ0v) is 7.71. The van der Waals surface area contributed by atoms with E-state index in [1.165, 1.54) is 45.4 Å². The summed E-state index contributed by atoms with van der Waals surface area (Å²) in [6, 6.07) is 0.928. The summed E-state index contributed by atoms with van der Waals surface area (Å²) in [6.45, 7) is 8.65. The minimum atomic E-state index is 0.928. The Morgan fingerprint density at radius 2 is 1.75 bits per heavy atom. The number of hydrogen-bond acceptors (Lipinski definition) is 2. The fraction of sp³-hybridized carbons (Fsp3) is 0.800. The average Bonchev–Trinajstić information content (AvgIpc) is 2.03. The molecule has 0 bridgehead atoms. The summed E-state index contributed by atoms with van der Waals surface area (Å²) in [5.74, 6) is 0. The van der Waals surface area contributed by atoms with Gasteiger partial charge in [0.1, 0.15) is 0 Å². The van der Waals surface area contributed by atoms with E-state index in [1.807, 2.05) is 6.20 Å². The molecule has 2 aliphatic rings. The predicted molar refractivity (Wildman–Crippen MR) is 51.0 cm³/mol. The van der Waals surface area contributed by atoms with Gasteiger partial charge in [-0.1, -0.05) is 13.0 Å². The zero-order chi connectivity index (χ0) is 8.39. The van der Waals surface area contributed by atoms with Crippen LogP contribution >= 0.6 is 0 Å². The van der Waals surface area contributed by atoms with E-state index in [0.717, 1.165) is 6.04 Å². The van der Waals surface area contributed by atoms with Crippen LogP contribution in [0.2, 0.25) is 0 Å². The Kier molecular flexibility index (Phi) is 2.35. The first kappa shape index (κ1) is 8.11. The predicted octanol–water partition coefficient (Wildman–Crippen LogP) is 1.30. The molecule has 68 valence electrons. The second kappa shape index (κ2) is 3.48.